The van der Waals surface area contributed by atoms with E-state index in [2.05, 4.69) is 10.3 Å². The zero-order chi connectivity index (χ0) is 22.6. The molecule has 0 saturated heterocycles. The highest BCUT2D eigenvalue weighted by molar-refractivity contribution is 5.95. The second-order valence-corrected chi connectivity index (χ2v) is 6.74. The van der Waals surface area contributed by atoms with Gasteiger partial charge in [-0.25, -0.2) is 9.37 Å². The molecule has 3 rings (SSSR count). The first-order valence-corrected chi connectivity index (χ1v) is 9.21. The number of aliphatic hydroxyl groups excluding tert-OH is 1. The lowest BCUT2D eigenvalue weighted by Crippen LogP contribution is -2.35. The summed E-state index contributed by atoms with van der Waals surface area (Å²) >= 11 is 0. The molecular formula is C22H18F4N2O3. The summed E-state index contributed by atoms with van der Waals surface area (Å²) in [5.74, 6) is -1.16. The van der Waals surface area contributed by atoms with Crippen LogP contribution >= 0.6 is 0 Å². The predicted octanol–water partition coefficient (Wildman–Crippen LogP) is 4.81. The summed E-state index contributed by atoms with van der Waals surface area (Å²) in [6.45, 7) is 1.33. The maximum Gasteiger partial charge on any atom is 0.416 e. The number of ether oxygens (including phenoxy) is 1. The molecule has 0 saturated carbocycles. The Morgan fingerprint density at radius 2 is 1.81 bits per heavy atom. The Bertz CT molecular complexity index is 1070. The number of rotatable bonds is 6. The van der Waals surface area contributed by atoms with Crippen molar-refractivity contribution in [1.29, 1.82) is 0 Å². The third kappa shape index (κ3) is 5.37. The van der Waals surface area contributed by atoms with Crippen LogP contribution in [-0.2, 0) is 6.18 Å². The smallest absolute Gasteiger partial charge is 0.416 e. The van der Waals surface area contributed by atoms with Crippen LogP contribution in [-0.4, -0.2) is 28.6 Å². The number of hydrogen-bond donors (Lipinski definition) is 2. The summed E-state index contributed by atoms with van der Waals surface area (Å²) in [7, 11) is 0. The molecule has 1 atom stereocenters. The van der Waals surface area contributed by atoms with Crippen LogP contribution in [0, 0.1) is 5.82 Å². The third-order valence-electron chi connectivity index (χ3n) is 4.32. The van der Waals surface area contributed by atoms with Gasteiger partial charge in [-0.05, 0) is 43.3 Å². The van der Waals surface area contributed by atoms with Crippen LogP contribution in [0.3, 0.4) is 0 Å². The summed E-state index contributed by atoms with van der Waals surface area (Å²) in [5.41, 5.74) is -0.505. The Morgan fingerprint density at radius 1 is 1.13 bits per heavy atom. The van der Waals surface area contributed by atoms with Gasteiger partial charge in [0.25, 0.3) is 5.91 Å². The summed E-state index contributed by atoms with van der Waals surface area (Å²) < 4.78 is 58.3. The van der Waals surface area contributed by atoms with Crippen molar-refractivity contribution in [2.45, 2.75) is 19.1 Å². The number of nitrogens with zero attached hydrogens (tertiary/aromatic N) is 1. The van der Waals surface area contributed by atoms with E-state index in [4.69, 9.17) is 9.84 Å². The van der Waals surface area contributed by atoms with E-state index in [-0.39, 0.29) is 34.9 Å². The van der Waals surface area contributed by atoms with E-state index in [1.54, 1.807) is 13.0 Å². The van der Waals surface area contributed by atoms with Crippen LogP contribution in [0.1, 0.15) is 22.8 Å². The first-order chi connectivity index (χ1) is 14.7. The standard InChI is InChI=1S/C22H18F4N2O3/c1-13(12-29)28-20(30)14-10-18(17-4-2-3-5-19(17)23)21(27-11-14)31-16-8-6-15(7-9-16)22(24,25)26/h2-11,13,29H,12H2,1H3,(H,28,30)/t13-/m1/s1. The maximum atomic E-state index is 14.4. The van der Waals surface area contributed by atoms with Gasteiger partial charge < -0.3 is 15.2 Å². The number of alkyl halides is 3. The van der Waals surface area contributed by atoms with Gasteiger partial charge in [0.15, 0.2) is 0 Å². The molecular weight excluding hydrogens is 416 g/mol. The SMILES string of the molecule is C[C@H](CO)NC(=O)c1cnc(Oc2ccc(C(F)(F)F)cc2)c(-c2ccccc2F)c1. The number of pyridine rings is 1. The topological polar surface area (TPSA) is 71.5 Å². The highest BCUT2D eigenvalue weighted by Crippen LogP contribution is 2.35. The van der Waals surface area contributed by atoms with E-state index in [1.165, 1.54) is 30.5 Å². The van der Waals surface area contributed by atoms with E-state index < -0.39 is 29.5 Å². The molecule has 31 heavy (non-hydrogen) atoms. The fraction of sp³-hybridized carbons (Fsp3) is 0.182. The lowest BCUT2D eigenvalue weighted by Gasteiger charge is -2.15. The third-order valence-corrected chi connectivity index (χ3v) is 4.32. The molecule has 9 heteroatoms. The Hall–Kier alpha value is -3.46. The normalized spacial score (nSPS) is 12.3. The first kappa shape index (κ1) is 22.2. The first-order valence-electron chi connectivity index (χ1n) is 9.21. The number of hydrogen-bond acceptors (Lipinski definition) is 4. The molecule has 0 unspecified atom stereocenters. The molecule has 3 aromatic rings. The van der Waals surface area contributed by atoms with Gasteiger partial charge in [0.2, 0.25) is 5.88 Å². The number of aliphatic hydroxyl groups is 1. The van der Waals surface area contributed by atoms with Gasteiger partial charge in [0.05, 0.1) is 17.7 Å². The average molecular weight is 434 g/mol. The molecule has 0 aliphatic heterocycles. The molecule has 0 aliphatic carbocycles. The molecule has 0 radical (unpaired) electrons. The monoisotopic (exact) mass is 434 g/mol. The number of carbonyl (C=O) groups is 1. The van der Waals surface area contributed by atoms with Gasteiger partial charge in [0, 0.05) is 23.4 Å². The van der Waals surface area contributed by atoms with E-state index in [0.29, 0.717) is 0 Å². The lowest BCUT2D eigenvalue weighted by molar-refractivity contribution is -0.137. The Balaban J connectivity index is 1.99. The van der Waals surface area contributed by atoms with Gasteiger partial charge in [-0.1, -0.05) is 18.2 Å². The largest absolute Gasteiger partial charge is 0.438 e. The minimum atomic E-state index is -4.49. The number of nitrogens with one attached hydrogen (secondary N) is 1. The van der Waals surface area contributed by atoms with Crippen LogP contribution < -0.4 is 10.1 Å². The molecule has 0 fully saturated rings. The Morgan fingerprint density at radius 3 is 2.42 bits per heavy atom. The molecule has 5 nitrogen and oxygen atoms in total. The Kier molecular flexibility index (Phi) is 6.55. The molecule has 1 heterocycles. The molecule has 1 amide bonds. The minimum Gasteiger partial charge on any atom is -0.438 e. The number of aromatic nitrogens is 1. The van der Waals surface area contributed by atoms with Gasteiger partial charge in [-0.3, -0.25) is 4.79 Å². The fourth-order valence-electron chi connectivity index (χ4n) is 2.71. The Labute approximate surface area is 175 Å². The molecule has 162 valence electrons. The number of carbonyl (C=O) groups excluding carboxylic acids is 1. The minimum absolute atomic E-state index is 0.0594. The molecule has 0 aliphatic rings. The fourth-order valence-corrected chi connectivity index (χ4v) is 2.71. The zero-order valence-corrected chi connectivity index (χ0v) is 16.3. The van der Waals surface area contributed by atoms with Crippen molar-refractivity contribution < 1.29 is 32.2 Å². The van der Waals surface area contributed by atoms with E-state index in [9.17, 15) is 22.4 Å². The number of halogens is 4. The predicted molar refractivity (Wildman–Crippen MR) is 105 cm³/mol. The van der Waals surface area contributed by atoms with E-state index in [1.807, 2.05) is 0 Å². The maximum absolute atomic E-state index is 14.4. The molecule has 1 aromatic heterocycles. The van der Waals surface area contributed by atoms with Gasteiger partial charge in [0.1, 0.15) is 11.6 Å². The number of amides is 1. The summed E-state index contributed by atoms with van der Waals surface area (Å²) in [5, 5.41) is 11.7. The van der Waals surface area contributed by atoms with Crippen LogP contribution in [0.25, 0.3) is 11.1 Å². The highest BCUT2D eigenvalue weighted by atomic mass is 19.4. The van der Waals surface area contributed by atoms with Crippen LogP contribution in [0.2, 0.25) is 0 Å². The van der Waals surface area contributed by atoms with Crippen molar-refractivity contribution in [1.82, 2.24) is 10.3 Å². The molecule has 0 spiro atoms. The average Bonchev–Trinajstić information content (AvgIpc) is 2.74. The van der Waals surface area contributed by atoms with Crippen molar-refractivity contribution >= 4 is 5.91 Å². The quantitative estimate of drug-likeness (QED) is 0.547. The summed E-state index contributed by atoms with van der Waals surface area (Å²) in [6.07, 6.45) is -3.29. The van der Waals surface area contributed by atoms with E-state index >= 15 is 0 Å². The second kappa shape index (κ2) is 9.13. The van der Waals surface area contributed by atoms with Crippen molar-refractivity contribution in [3.8, 4) is 22.8 Å². The van der Waals surface area contributed by atoms with Gasteiger partial charge in [-0.2, -0.15) is 13.2 Å². The van der Waals surface area contributed by atoms with Crippen LogP contribution in [0.4, 0.5) is 17.6 Å². The molecule has 2 aromatic carbocycles. The van der Waals surface area contributed by atoms with Crippen molar-refractivity contribution in [3.05, 3.63) is 77.7 Å². The van der Waals surface area contributed by atoms with Crippen molar-refractivity contribution in [2.24, 2.45) is 0 Å². The lowest BCUT2D eigenvalue weighted by atomic mass is 10.0. The molecule has 2 N–H and O–H groups in total. The summed E-state index contributed by atoms with van der Waals surface area (Å²) in [4.78, 5) is 16.5. The van der Waals surface area contributed by atoms with Gasteiger partial charge in [-0.15, -0.1) is 0 Å². The van der Waals surface area contributed by atoms with Crippen molar-refractivity contribution in [2.75, 3.05) is 6.61 Å². The highest BCUT2D eigenvalue weighted by Gasteiger charge is 2.30. The van der Waals surface area contributed by atoms with Crippen LogP contribution in [0.5, 0.6) is 11.6 Å². The van der Waals surface area contributed by atoms with Crippen molar-refractivity contribution in [3.63, 3.8) is 0 Å². The zero-order valence-electron chi connectivity index (χ0n) is 16.3. The van der Waals surface area contributed by atoms with Gasteiger partial charge >= 0.3 is 6.18 Å². The van der Waals surface area contributed by atoms with Crippen LogP contribution in [0.15, 0.2) is 60.8 Å². The van der Waals surface area contributed by atoms with E-state index in [0.717, 1.165) is 24.3 Å². The molecule has 0 bridgehead atoms. The second-order valence-electron chi connectivity index (χ2n) is 6.74. The summed E-state index contributed by atoms with van der Waals surface area (Å²) in [6, 6.07) is 10.6. The number of benzene rings is 2.